The van der Waals surface area contributed by atoms with Crippen LogP contribution in [-0.4, -0.2) is 20.5 Å². The molecule has 0 aliphatic heterocycles. The van der Waals surface area contributed by atoms with Crippen molar-refractivity contribution in [1.82, 2.24) is 9.38 Å². The van der Waals surface area contributed by atoms with Crippen LogP contribution >= 0.6 is 11.6 Å². The van der Waals surface area contributed by atoms with Gasteiger partial charge in [-0.2, -0.15) is 0 Å². The average Bonchev–Trinajstić information content (AvgIpc) is 2.54. The van der Waals surface area contributed by atoms with Gasteiger partial charge in [0, 0.05) is 12.1 Å². The molecule has 0 aromatic carbocycles. The first-order valence-electron chi connectivity index (χ1n) is 4.94. The molecule has 84 valence electrons. The van der Waals surface area contributed by atoms with Gasteiger partial charge in [-0.1, -0.05) is 17.7 Å². The topological polar surface area (TPSA) is 54.6 Å². The highest BCUT2D eigenvalue weighted by atomic mass is 35.5. The minimum absolute atomic E-state index is 0.0857. The Hall–Kier alpha value is -1.55. The Bertz CT molecular complexity index is 548. The quantitative estimate of drug-likeness (QED) is 0.835. The third kappa shape index (κ3) is 1.88. The van der Waals surface area contributed by atoms with Crippen molar-refractivity contribution in [1.29, 1.82) is 0 Å². The summed E-state index contributed by atoms with van der Waals surface area (Å²) in [6, 6.07) is 5.46. The fraction of sp³-hybridized carbons (Fsp3) is 0.273. The number of carboxylic acid groups (broad SMARTS) is 1. The fourth-order valence-electron chi connectivity index (χ4n) is 1.70. The molecule has 0 fully saturated rings. The van der Waals surface area contributed by atoms with Gasteiger partial charge in [0.05, 0.1) is 12.1 Å². The van der Waals surface area contributed by atoms with E-state index in [0.29, 0.717) is 11.6 Å². The molecule has 0 aliphatic carbocycles. The van der Waals surface area contributed by atoms with Gasteiger partial charge >= 0.3 is 5.97 Å². The lowest BCUT2D eigenvalue weighted by molar-refractivity contribution is -0.136. The minimum atomic E-state index is -0.817. The molecule has 0 radical (unpaired) electrons. The molecule has 4 nitrogen and oxygen atoms in total. The predicted molar refractivity (Wildman–Crippen MR) is 60.9 cm³/mol. The number of aliphatic carboxylic acids is 1. The van der Waals surface area contributed by atoms with E-state index in [2.05, 4.69) is 4.98 Å². The summed E-state index contributed by atoms with van der Waals surface area (Å²) in [5.74, 6) is -0.817. The molecule has 16 heavy (non-hydrogen) atoms. The zero-order valence-electron chi connectivity index (χ0n) is 8.77. The van der Waals surface area contributed by atoms with E-state index in [4.69, 9.17) is 16.7 Å². The van der Waals surface area contributed by atoms with E-state index in [0.717, 1.165) is 17.0 Å². The second-order valence-corrected chi connectivity index (χ2v) is 3.97. The fourth-order valence-corrected chi connectivity index (χ4v) is 1.99. The summed E-state index contributed by atoms with van der Waals surface area (Å²) in [5.41, 5.74) is 2.45. The number of carboxylic acids is 1. The summed E-state index contributed by atoms with van der Waals surface area (Å²) in [6.07, 6.45) is 0.515. The maximum absolute atomic E-state index is 10.5. The standard InChI is InChI=1S/C11H11ClN2O2/c1-7-8(5-6-11(15)16)13-10-4-2-3-9(12)14(7)10/h2-4H,5-6H2,1H3,(H,15,16). The number of carbonyl (C=O) groups is 1. The van der Waals surface area contributed by atoms with Crippen molar-refractivity contribution < 1.29 is 9.90 Å². The molecule has 2 heterocycles. The van der Waals surface area contributed by atoms with Crippen LogP contribution in [-0.2, 0) is 11.2 Å². The van der Waals surface area contributed by atoms with Gasteiger partial charge in [-0.3, -0.25) is 9.20 Å². The van der Waals surface area contributed by atoms with Crippen molar-refractivity contribution in [3.05, 3.63) is 34.7 Å². The number of fused-ring (bicyclic) bond motifs is 1. The lowest BCUT2D eigenvalue weighted by atomic mass is 10.2. The maximum atomic E-state index is 10.5. The van der Waals surface area contributed by atoms with Crippen LogP contribution in [0.4, 0.5) is 0 Å². The zero-order valence-corrected chi connectivity index (χ0v) is 9.53. The molecule has 0 amide bonds. The first-order chi connectivity index (χ1) is 7.59. The number of aromatic nitrogens is 2. The number of hydrogen-bond acceptors (Lipinski definition) is 2. The molecule has 0 saturated carbocycles. The summed E-state index contributed by atoms with van der Waals surface area (Å²) < 4.78 is 1.82. The number of halogens is 1. The SMILES string of the molecule is Cc1c(CCC(=O)O)nc2cccc(Cl)n12. The zero-order chi connectivity index (χ0) is 11.7. The highest BCUT2D eigenvalue weighted by molar-refractivity contribution is 6.29. The molecule has 0 saturated heterocycles. The van der Waals surface area contributed by atoms with E-state index in [1.54, 1.807) is 6.07 Å². The molecule has 0 aliphatic rings. The maximum Gasteiger partial charge on any atom is 0.303 e. The Morgan fingerprint density at radius 3 is 2.94 bits per heavy atom. The number of pyridine rings is 1. The van der Waals surface area contributed by atoms with Gasteiger partial charge < -0.3 is 5.11 Å². The van der Waals surface area contributed by atoms with Gasteiger partial charge in [0.25, 0.3) is 0 Å². The molecule has 0 atom stereocenters. The minimum Gasteiger partial charge on any atom is -0.481 e. The number of hydrogen-bond donors (Lipinski definition) is 1. The number of imidazole rings is 1. The molecule has 5 heteroatoms. The number of nitrogens with zero attached hydrogens (tertiary/aromatic N) is 2. The van der Waals surface area contributed by atoms with Crippen molar-refractivity contribution in [3.8, 4) is 0 Å². The van der Waals surface area contributed by atoms with Gasteiger partial charge in [-0.15, -0.1) is 0 Å². The van der Waals surface area contributed by atoms with Gasteiger partial charge in [0.2, 0.25) is 0 Å². The average molecular weight is 239 g/mol. The van der Waals surface area contributed by atoms with E-state index >= 15 is 0 Å². The third-order valence-corrected chi connectivity index (χ3v) is 2.80. The van der Waals surface area contributed by atoms with Crippen LogP contribution in [0.5, 0.6) is 0 Å². The summed E-state index contributed by atoms with van der Waals surface area (Å²) in [4.78, 5) is 14.9. The van der Waals surface area contributed by atoms with Crippen molar-refractivity contribution in [2.75, 3.05) is 0 Å². The van der Waals surface area contributed by atoms with Crippen molar-refractivity contribution in [2.24, 2.45) is 0 Å². The Morgan fingerprint density at radius 1 is 1.56 bits per heavy atom. The second kappa shape index (κ2) is 4.14. The largest absolute Gasteiger partial charge is 0.481 e. The highest BCUT2D eigenvalue weighted by Crippen LogP contribution is 2.18. The number of rotatable bonds is 3. The van der Waals surface area contributed by atoms with E-state index in [-0.39, 0.29) is 6.42 Å². The summed E-state index contributed by atoms with van der Waals surface area (Å²) in [5, 5.41) is 9.22. The highest BCUT2D eigenvalue weighted by Gasteiger charge is 2.11. The first-order valence-corrected chi connectivity index (χ1v) is 5.31. The normalized spacial score (nSPS) is 10.9. The van der Waals surface area contributed by atoms with E-state index in [1.165, 1.54) is 0 Å². The molecule has 2 aromatic rings. The Balaban J connectivity index is 2.44. The second-order valence-electron chi connectivity index (χ2n) is 3.58. The smallest absolute Gasteiger partial charge is 0.303 e. The molecule has 2 aromatic heterocycles. The van der Waals surface area contributed by atoms with Gasteiger partial charge in [0.1, 0.15) is 10.8 Å². The van der Waals surface area contributed by atoms with Crippen LogP contribution < -0.4 is 0 Å². The molecular formula is C11H11ClN2O2. The molecule has 0 unspecified atom stereocenters. The lowest BCUT2D eigenvalue weighted by Crippen LogP contribution is -1.99. The van der Waals surface area contributed by atoms with E-state index in [9.17, 15) is 4.79 Å². The Morgan fingerprint density at radius 2 is 2.31 bits per heavy atom. The van der Waals surface area contributed by atoms with E-state index < -0.39 is 5.97 Å². The molecule has 0 bridgehead atoms. The number of aryl methyl sites for hydroxylation is 2. The van der Waals surface area contributed by atoms with Crippen LogP contribution in [0.3, 0.4) is 0 Å². The molecule has 0 spiro atoms. The van der Waals surface area contributed by atoms with Gasteiger partial charge in [-0.25, -0.2) is 4.98 Å². The molecule has 2 rings (SSSR count). The Kier molecular flexibility index (Phi) is 2.83. The van der Waals surface area contributed by atoms with Crippen molar-refractivity contribution in [3.63, 3.8) is 0 Å². The van der Waals surface area contributed by atoms with Gasteiger partial charge in [-0.05, 0) is 19.1 Å². The molecule has 1 N–H and O–H groups in total. The summed E-state index contributed by atoms with van der Waals surface area (Å²) in [7, 11) is 0. The van der Waals surface area contributed by atoms with Crippen molar-refractivity contribution >= 4 is 23.2 Å². The predicted octanol–water partition coefficient (Wildman–Crippen LogP) is 2.31. The lowest BCUT2D eigenvalue weighted by Gasteiger charge is -1.99. The molecular weight excluding hydrogens is 228 g/mol. The van der Waals surface area contributed by atoms with Gasteiger partial charge in [0.15, 0.2) is 0 Å². The summed E-state index contributed by atoms with van der Waals surface area (Å²) in [6.45, 7) is 1.89. The monoisotopic (exact) mass is 238 g/mol. The van der Waals surface area contributed by atoms with Crippen LogP contribution in [0.15, 0.2) is 18.2 Å². The Labute approximate surface area is 97.5 Å². The van der Waals surface area contributed by atoms with Crippen LogP contribution in [0.2, 0.25) is 5.15 Å². The summed E-state index contributed by atoms with van der Waals surface area (Å²) >= 11 is 6.04. The van der Waals surface area contributed by atoms with Crippen LogP contribution in [0, 0.1) is 6.92 Å². The van der Waals surface area contributed by atoms with Crippen LogP contribution in [0.1, 0.15) is 17.8 Å². The van der Waals surface area contributed by atoms with E-state index in [1.807, 2.05) is 23.5 Å². The van der Waals surface area contributed by atoms with Crippen molar-refractivity contribution in [2.45, 2.75) is 19.8 Å². The third-order valence-electron chi connectivity index (χ3n) is 2.50. The first kappa shape index (κ1) is 11.0. The van der Waals surface area contributed by atoms with Crippen LogP contribution in [0.25, 0.3) is 5.65 Å².